The van der Waals surface area contributed by atoms with Gasteiger partial charge in [-0.3, -0.25) is 9.59 Å². The predicted octanol–water partition coefficient (Wildman–Crippen LogP) is 3.89. The molecule has 0 saturated heterocycles. The smallest absolute Gasteiger partial charge is 0.251 e. The van der Waals surface area contributed by atoms with Gasteiger partial charge in [-0.2, -0.15) is 0 Å². The number of carbonyl (C=O) groups excluding carboxylic acids is 2. The van der Waals surface area contributed by atoms with E-state index in [1.165, 1.54) is 35.6 Å². The van der Waals surface area contributed by atoms with Gasteiger partial charge in [0.25, 0.3) is 5.91 Å². The molecule has 0 radical (unpaired) electrons. The van der Waals surface area contributed by atoms with Crippen molar-refractivity contribution in [3.05, 3.63) is 81.6 Å². The Morgan fingerprint density at radius 3 is 2.59 bits per heavy atom. The third kappa shape index (κ3) is 5.35. The Labute approximate surface area is 164 Å². The summed E-state index contributed by atoms with van der Waals surface area (Å²) in [6, 6.07) is 12.6. The van der Waals surface area contributed by atoms with Crippen molar-refractivity contribution in [2.24, 2.45) is 0 Å². The summed E-state index contributed by atoms with van der Waals surface area (Å²) in [6.45, 7) is -0.213. The van der Waals surface area contributed by atoms with Crippen LogP contribution in [0.4, 0.5) is 9.52 Å². The molecule has 0 saturated carbocycles. The van der Waals surface area contributed by atoms with Gasteiger partial charge in [-0.15, -0.1) is 11.3 Å². The van der Waals surface area contributed by atoms with E-state index in [2.05, 4.69) is 15.6 Å². The summed E-state index contributed by atoms with van der Waals surface area (Å²) in [4.78, 5) is 29.0. The van der Waals surface area contributed by atoms with Crippen LogP contribution in [0.15, 0.2) is 54.7 Å². The third-order valence-corrected chi connectivity index (χ3v) is 4.92. The quantitative estimate of drug-likeness (QED) is 0.655. The van der Waals surface area contributed by atoms with E-state index in [4.69, 9.17) is 11.6 Å². The highest BCUT2D eigenvalue weighted by molar-refractivity contribution is 7.15. The van der Waals surface area contributed by atoms with Crippen LogP contribution >= 0.6 is 22.9 Å². The van der Waals surface area contributed by atoms with Crippen molar-refractivity contribution >= 4 is 39.9 Å². The summed E-state index contributed by atoms with van der Waals surface area (Å²) in [5.41, 5.74) is 1.26. The minimum Gasteiger partial charge on any atom is -0.343 e. The molecule has 27 heavy (non-hydrogen) atoms. The topological polar surface area (TPSA) is 71.1 Å². The Kier molecular flexibility index (Phi) is 6.16. The van der Waals surface area contributed by atoms with Crippen molar-refractivity contribution in [1.29, 1.82) is 0 Å². The second kappa shape index (κ2) is 8.75. The van der Waals surface area contributed by atoms with E-state index in [0.29, 0.717) is 16.6 Å². The van der Waals surface area contributed by atoms with Crippen molar-refractivity contribution in [2.45, 2.75) is 6.42 Å². The van der Waals surface area contributed by atoms with Crippen molar-refractivity contribution in [3.8, 4) is 0 Å². The van der Waals surface area contributed by atoms with Gasteiger partial charge >= 0.3 is 0 Å². The number of aromatic nitrogens is 1. The standard InChI is InChI=1S/C19H15ClFN3O2S/c20-16-4-2-1-3-13(16)9-15-10-23-19(27-15)24-17(25)11-22-18(26)12-5-7-14(21)8-6-12/h1-8,10H,9,11H2,(H,22,26)(H,23,24,25). The van der Waals surface area contributed by atoms with Gasteiger partial charge in [0.05, 0.1) is 6.54 Å². The second-order valence-corrected chi connectivity index (χ2v) is 7.16. The molecule has 0 spiro atoms. The largest absolute Gasteiger partial charge is 0.343 e. The molecule has 138 valence electrons. The Balaban J connectivity index is 1.51. The van der Waals surface area contributed by atoms with Crippen LogP contribution in [0.3, 0.4) is 0 Å². The fourth-order valence-electron chi connectivity index (χ4n) is 2.30. The summed E-state index contributed by atoms with van der Waals surface area (Å²) in [5.74, 6) is -1.28. The summed E-state index contributed by atoms with van der Waals surface area (Å²) in [6.07, 6.45) is 2.30. The van der Waals surface area contributed by atoms with E-state index in [-0.39, 0.29) is 12.1 Å². The average Bonchev–Trinajstić information content (AvgIpc) is 3.09. The van der Waals surface area contributed by atoms with Crippen molar-refractivity contribution in [3.63, 3.8) is 0 Å². The SMILES string of the molecule is O=C(CNC(=O)c1ccc(F)cc1)Nc1ncc(Cc2ccccc2Cl)s1. The highest BCUT2D eigenvalue weighted by atomic mass is 35.5. The molecule has 0 aliphatic heterocycles. The van der Waals surface area contributed by atoms with Crippen LogP contribution in [-0.4, -0.2) is 23.3 Å². The molecular formula is C19H15ClFN3O2S. The zero-order chi connectivity index (χ0) is 19.2. The summed E-state index contributed by atoms with van der Waals surface area (Å²) >= 11 is 7.49. The third-order valence-electron chi connectivity index (χ3n) is 3.64. The maximum atomic E-state index is 12.9. The zero-order valence-corrected chi connectivity index (χ0v) is 15.6. The van der Waals surface area contributed by atoms with Crippen LogP contribution in [0.5, 0.6) is 0 Å². The summed E-state index contributed by atoms with van der Waals surface area (Å²) in [7, 11) is 0. The summed E-state index contributed by atoms with van der Waals surface area (Å²) < 4.78 is 12.9. The Morgan fingerprint density at radius 2 is 1.85 bits per heavy atom. The number of anilines is 1. The fourth-order valence-corrected chi connectivity index (χ4v) is 3.36. The molecule has 0 fully saturated rings. The van der Waals surface area contributed by atoms with Crippen molar-refractivity contribution in [1.82, 2.24) is 10.3 Å². The normalized spacial score (nSPS) is 10.4. The van der Waals surface area contributed by atoms with Crippen LogP contribution < -0.4 is 10.6 Å². The minimum absolute atomic E-state index is 0.213. The molecule has 2 aromatic carbocycles. The lowest BCUT2D eigenvalue weighted by molar-refractivity contribution is -0.115. The van der Waals surface area contributed by atoms with E-state index in [0.717, 1.165) is 10.4 Å². The molecule has 0 atom stereocenters. The number of carbonyl (C=O) groups is 2. The molecule has 2 N–H and O–H groups in total. The molecule has 2 amide bonds. The Bertz CT molecular complexity index is 960. The van der Waals surface area contributed by atoms with Gasteiger partial charge in [0.1, 0.15) is 5.82 Å². The van der Waals surface area contributed by atoms with E-state index < -0.39 is 17.6 Å². The maximum absolute atomic E-state index is 12.9. The van der Waals surface area contributed by atoms with Crippen LogP contribution in [-0.2, 0) is 11.2 Å². The first-order valence-electron chi connectivity index (χ1n) is 8.03. The molecule has 0 aliphatic carbocycles. The number of benzene rings is 2. The number of amides is 2. The van der Waals surface area contributed by atoms with Gasteiger partial charge < -0.3 is 10.6 Å². The molecule has 1 aromatic heterocycles. The first kappa shape index (κ1) is 19.0. The van der Waals surface area contributed by atoms with Gasteiger partial charge in [0.15, 0.2) is 5.13 Å². The molecule has 0 unspecified atom stereocenters. The van der Waals surface area contributed by atoms with Gasteiger partial charge in [0.2, 0.25) is 5.91 Å². The average molecular weight is 404 g/mol. The molecule has 0 bridgehead atoms. The maximum Gasteiger partial charge on any atom is 0.251 e. The molecule has 3 rings (SSSR count). The van der Waals surface area contributed by atoms with E-state index in [1.54, 1.807) is 6.20 Å². The second-order valence-electron chi connectivity index (χ2n) is 5.64. The van der Waals surface area contributed by atoms with Gasteiger partial charge in [-0.05, 0) is 35.9 Å². The van der Waals surface area contributed by atoms with Gasteiger partial charge in [-0.25, -0.2) is 9.37 Å². The van der Waals surface area contributed by atoms with Gasteiger partial charge in [0, 0.05) is 28.1 Å². The molecule has 1 heterocycles. The number of hydrogen-bond donors (Lipinski definition) is 2. The number of hydrogen-bond acceptors (Lipinski definition) is 4. The van der Waals surface area contributed by atoms with Gasteiger partial charge in [-0.1, -0.05) is 29.8 Å². The highest BCUT2D eigenvalue weighted by Gasteiger charge is 2.11. The monoisotopic (exact) mass is 403 g/mol. The predicted molar refractivity (Wildman–Crippen MR) is 104 cm³/mol. The Morgan fingerprint density at radius 1 is 1.11 bits per heavy atom. The Hall–Kier alpha value is -2.77. The lowest BCUT2D eigenvalue weighted by Crippen LogP contribution is -2.32. The molecular weight excluding hydrogens is 389 g/mol. The lowest BCUT2D eigenvalue weighted by Gasteiger charge is -2.05. The minimum atomic E-state index is -0.455. The fraction of sp³-hybridized carbons (Fsp3) is 0.105. The van der Waals surface area contributed by atoms with E-state index >= 15 is 0 Å². The molecule has 8 heteroatoms. The first-order valence-corrected chi connectivity index (χ1v) is 9.22. The highest BCUT2D eigenvalue weighted by Crippen LogP contribution is 2.24. The van der Waals surface area contributed by atoms with Crippen LogP contribution in [0.25, 0.3) is 0 Å². The number of nitrogens with one attached hydrogen (secondary N) is 2. The number of nitrogens with zero attached hydrogens (tertiary/aromatic N) is 1. The van der Waals surface area contributed by atoms with Crippen LogP contribution in [0, 0.1) is 5.82 Å². The number of halogens is 2. The zero-order valence-electron chi connectivity index (χ0n) is 14.0. The molecule has 5 nitrogen and oxygen atoms in total. The number of rotatable bonds is 6. The van der Waals surface area contributed by atoms with E-state index in [9.17, 15) is 14.0 Å². The lowest BCUT2D eigenvalue weighted by atomic mass is 10.1. The van der Waals surface area contributed by atoms with Crippen LogP contribution in [0.2, 0.25) is 5.02 Å². The number of thiazole rings is 1. The van der Waals surface area contributed by atoms with Crippen LogP contribution in [0.1, 0.15) is 20.8 Å². The first-order chi connectivity index (χ1) is 13.0. The summed E-state index contributed by atoms with van der Waals surface area (Å²) in [5, 5.41) is 6.24. The molecule has 3 aromatic rings. The molecule has 0 aliphatic rings. The van der Waals surface area contributed by atoms with E-state index in [1.807, 2.05) is 24.3 Å². The van der Waals surface area contributed by atoms with Crippen molar-refractivity contribution < 1.29 is 14.0 Å². The van der Waals surface area contributed by atoms with Crippen molar-refractivity contribution in [2.75, 3.05) is 11.9 Å².